The Labute approximate surface area is 123 Å². The summed E-state index contributed by atoms with van der Waals surface area (Å²) in [5.74, 6) is -0.941. The molecule has 5 heteroatoms. The van der Waals surface area contributed by atoms with Gasteiger partial charge in [-0.2, -0.15) is 0 Å². The lowest BCUT2D eigenvalue weighted by atomic mass is 10.3. The van der Waals surface area contributed by atoms with Gasteiger partial charge in [-0.25, -0.2) is 9.59 Å². The Bertz CT molecular complexity index is 362. The average molecular weight is 300 g/mol. The zero-order chi connectivity index (χ0) is 16.1. The Balaban J connectivity index is 5.34. The van der Waals surface area contributed by atoms with E-state index in [1.807, 2.05) is 0 Å². The monoisotopic (exact) mass is 300 g/mol. The number of methoxy groups -OCH3 is 1. The summed E-state index contributed by atoms with van der Waals surface area (Å²) in [6.45, 7) is 14.2. The van der Waals surface area contributed by atoms with Gasteiger partial charge in [-0.3, -0.25) is 0 Å². The molecule has 0 aliphatic rings. The summed E-state index contributed by atoms with van der Waals surface area (Å²) in [6.07, 6.45) is 1.18. The molecule has 0 aromatic rings. The number of rotatable bonds is 6. The quantitative estimate of drug-likeness (QED) is 0.425. The number of carbonyl (C=O) groups is 2. The molecule has 0 atom stereocenters. The second-order valence-corrected chi connectivity index (χ2v) is 11.4. The van der Waals surface area contributed by atoms with Gasteiger partial charge in [0, 0.05) is 11.6 Å². The molecule has 0 rings (SSSR count). The predicted octanol–water partition coefficient (Wildman–Crippen LogP) is 3.82. The van der Waals surface area contributed by atoms with Gasteiger partial charge in [0.05, 0.1) is 7.11 Å². The lowest BCUT2D eigenvalue weighted by Crippen LogP contribution is -2.49. The van der Waals surface area contributed by atoms with E-state index in [1.165, 1.54) is 13.2 Å². The Morgan fingerprint density at radius 1 is 0.950 bits per heavy atom. The van der Waals surface area contributed by atoms with Crippen molar-refractivity contribution in [2.45, 2.75) is 65.1 Å². The maximum Gasteiger partial charge on any atom is 0.330 e. The minimum Gasteiger partial charge on any atom is -0.515 e. The van der Waals surface area contributed by atoms with Crippen LogP contribution in [0.3, 0.4) is 0 Å². The number of carbonyl (C=O) groups excluding carboxylic acids is 2. The molecule has 0 aliphatic heterocycles. The van der Waals surface area contributed by atoms with Crippen LogP contribution in [-0.4, -0.2) is 27.4 Å². The molecule has 0 aliphatic carbocycles. The van der Waals surface area contributed by atoms with E-state index in [1.54, 1.807) is 6.92 Å². The molecule has 0 N–H and O–H groups in total. The van der Waals surface area contributed by atoms with Gasteiger partial charge < -0.3 is 9.16 Å². The van der Waals surface area contributed by atoms with Crippen LogP contribution in [0.4, 0.5) is 0 Å². The Morgan fingerprint density at radius 2 is 1.35 bits per heavy atom. The van der Waals surface area contributed by atoms with Crippen molar-refractivity contribution in [3.8, 4) is 0 Å². The number of hydrogen-bond donors (Lipinski definition) is 0. The van der Waals surface area contributed by atoms with Crippen molar-refractivity contribution in [3.63, 3.8) is 0 Å². The van der Waals surface area contributed by atoms with Crippen LogP contribution in [0, 0.1) is 0 Å². The molecule has 20 heavy (non-hydrogen) atoms. The maximum absolute atomic E-state index is 12.3. The SMILES string of the molecule is COC(=O)/C=C(/C)C(=O)O[Si](C(C)C)(C(C)C)C(C)C. The molecule has 0 saturated heterocycles. The van der Waals surface area contributed by atoms with Gasteiger partial charge in [0.2, 0.25) is 0 Å². The van der Waals surface area contributed by atoms with Crippen LogP contribution < -0.4 is 0 Å². The topological polar surface area (TPSA) is 52.6 Å². The Kier molecular flexibility index (Phi) is 7.20. The van der Waals surface area contributed by atoms with Crippen molar-refractivity contribution in [3.05, 3.63) is 11.6 Å². The standard InChI is InChI=1S/C15H28O4Si/c1-10(2)20(11(3)4,12(5)6)19-15(17)13(7)9-14(16)18-8/h9-12H,1-8H3/b13-9-. The highest BCUT2D eigenvalue weighted by molar-refractivity contribution is 6.79. The van der Waals surface area contributed by atoms with Gasteiger partial charge in [-0.1, -0.05) is 41.5 Å². The maximum atomic E-state index is 12.3. The average Bonchev–Trinajstić information content (AvgIpc) is 2.33. The molecule has 0 heterocycles. The largest absolute Gasteiger partial charge is 0.515 e. The van der Waals surface area contributed by atoms with E-state index in [0.717, 1.165) is 0 Å². The molecule has 116 valence electrons. The van der Waals surface area contributed by atoms with Crippen LogP contribution in [0.5, 0.6) is 0 Å². The summed E-state index contributed by atoms with van der Waals surface area (Å²) in [6, 6.07) is 0. The van der Waals surface area contributed by atoms with E-state index in [-0.39, 0.29) is 5.57 Å². The fraction of sp³-hybridized carbons (Fsp3) is 0.733. The highest BCUT2D eigenvalue weighted by Crippen LogP contribution is 2.42. The lowest BCUT2D eigenvalue weighted by Gasteiger charge is -2.41. The smallest absolute Gasteiger partial charge is 0.330 e. The first-order valence-electron chi connectivity index (χ1n) is 7.09. The molecule has 0 aromatic carbocycles. The third-order valence-corrected chi connectivity index (χ3v) is 9.79. The lowest BCUT2D eigenvalue weighted by molar-refractivity contribution is -0.136. The van der Waals surface area contributed by atoms with Crippen LogP contribution in [-0.2, 0) is 18.8 Å². The summed E-state index contributed by atoms with van der Waals surface area (Å²) in [5.41, 5.74) is 1.24. The summed E-state index contributed by atoms with van der Waals surface area (Å²) >= 11 is 0. The van der Waals surface area contributed by atoms with Gasteiger partial charge in [0.25, 0.3) is 8.32 Å². The number of hydrogen-bond acceptors (Lipinski definition) is 4. The van der Waals surface area contributed by atoms with Crippen molar-refractivity contribution in [1.82, 2.24) is 0 Å². The third-order valence-electron chi connectivity index (χ3n) is 3.83. The number of ether oxygens (including phenoxy) is 1. The molecule has 0 bridgehead atoms. The first-order valence-corrected chi connectivity index (χ1v) is 9.23. The van der Waals surface area contributed by atoms with E-state index in [0.29, 0.717) is 16.6 Å². The minimum absolute atomic E-state index is 0.288. The van der Waals surface area contributed by atoms with Gasteiger partial charge >= 0.3 is 11.9 Å². The van der Waals surface area contributed by atoms with Crippen molar-refractivity contribution < 1.29 is 18.8 Å². The molecular weight excluding hydrogens is 272 g/mol. The van der Waals surface area contributed by atoms with E-state index >= 15 is 0 Å². The van der Waals surface area contributed by atoms with Crippen molar-refractivity contribution in [2.75, 3.05) is 7.11 Å². The van der Waals surface area contributed by atoms with E-state index in [4.69, 9.17) is 4.43 Å². The van der Waals surface area contributed by atoms with Crippen LogP contribution >= 0.6 is 0 Å². The highest BCUT2D eigenvalue weighted by Gasteiger charge is 2.48. The van der Waals surface area contributed by atoms with E-state index < -0.39 is 20.3 Å². The Morgan fingerprint density at radius 3 is 1.65 bits per heavy atom. The summed E-state index contributed by atoms with van der Waals surface area (Å²) in [5, 5.41) is 0. The van der Waals surface area contributed by atoms with Gasteiger partial charge in [-0.15, -0.1) is 0 Å². The Hall–Kier alpha value is -1.10. The first-order chi connectivity index (χ1) is 9.09. The minimum atomic E-state index is -2.26. The number of esters is 1. The van der Waals surface area contributed by atoms with Gasteiger partial charge in [-0.05, 0) is 23.5 Å². The predicted molar refractivity (Wildman–Crippen MR) is 82.9 cm³/mol. The fourth-order valence-corrected chi connectivity index (χ4v) is 8.08. The van der Waals surface area contributed by atoms with Crippen LogP contribution in [0.25, 0.3) is 0 Å². The normalized spacial score (nSPS) is 13.1. The molecule has 4 nitrogen and oxygen atoms in total. The second-order valence-electron chi connectivity index (χ2n) is 6.06. The first kappa shape index (κ1) is 18.9. The summed E-state index contributed by atoms with van der Waals surface area (Å²) < 4.78 is 10.5. The zero-order valence-corrected chi connectivity index (χ0v) is 14.9. The summed E-state index contributed by atoms with van der Waals surface area (Å²) in [4.78, 5) is 23.5. The van der Waals surface area contributed by atoms with Crippen LogP contribution in [0.1, 0.15) is 48.5 Å². The second kappa shape index (κ2) is 7.62. The molecule has 0 aromatic heterocycles. The van der Waals surface area contributed by atoms with E-state index in [2.05, 4.69) is 46.3 Å². The van der Waals surface area contributed by atoms with Gasteiger partial charge in [0.1, 0.15) is 0 Å². The van der Waals surface area contributed by atoms with Crippen molar-refractivity contribution >= 4 is 20.3 Å². The molecule has 0 radical (unpaired) electrons. The van der Waals surface area contributed by atoms with Crippen molar-refractivity contribution in [2.24, 2.45) is 0 Å². The van der Waals surface area contributed by atoms with Gasteiger partial charge in [0.15, 0.2) is 0 Å². The zero-order valence-electron chi connectivity index (χ0n) is 13.9. The fourth-order valence-electron chi connectivity index (χ4n) is 2.89. The van der Waals surface area contributed by atoms with Crippen LogP contribution in [0.2, 0.25) is 16.6 Å². The highest BCUT2D eigenvalue weighted by atomic mass is 28.4. The third kappa shape index (κ3) is 4.20. The molecule has 0 unspecified atom stereocenters. The van der Waals surface area contributed by atoms with Crippen LogP contribution in [0.15, 0.2) is 11.6 Å². The molecule has 0 spiro atoms. The molecule has 0 saturated carbocycles. The van der Waals surface area contributed by atoms with Crippen molar-refractivity contribution in [1.29, 1.82) is 0 Å². The summed E-state index contributed by atoms with van der Waals surface area (Å²) in [7, 11) is -0.973. The molecule has 0 amide bonds. The molecular formula is C15H28O4Si. The van der Waals surface area contributed by atoms with E-state index in [9.17, 15) is 9.59 Å². The molecule has 0 fully saturated rings.